The molecule has 314 valence electrons. The fraction of sp³-hybridized carbons (Fsp3) is 0.565. The molecule has 0 amide bonds. The number of methoxy groups -OCH3 is 2. The van der Waals surface area contributed by atoms with Gasteiger partial charge in [-0.05, 0) is 49.3 Å². The van der Waals surface area contributed by atoms with E-state index >= 15 is 0 Å². The number of anilines is 2. The van der Waals surface area contributed by atoms with Gasteiger partial charge in [0.1, 0.15) is 11.5 Å². The Labute approximate surface area is 357 Å². The van der Waals surface area contributed by atoms with Crippen molar-refractivity contribution < 1.29 is 60.8 Å². The number of carbonyl (C=O) groups is 2. The minimum atomic E-state index is -2.51. The Kier molecular flexibility index (Phi) is 28.2. The van der Waals surface area contributed by atoms with Gasteiger partial charge in [0.05, 0.1) is 38.8 Å². The van der Waals surface area contributed by atoms with Gasteiger partial charge in [0.25, 0.3) is 0 Å². The molecule has 3 rings (SSSR count). The third kappa shape index (κ3) is 21.7. The third-order valence-corrected chi connectivity index (χ3v) is 9.80. The van der Waals surface area contributed by atoms with Crippen LogP contribution in [0.2, 0.25) is 0 Å². The van der Waals surface area contributed by atoms with Gasteiger partial charge in [-0.1, -0.05) is 129 Å². The van der Waals surface area contributed by atoms with Gasteiger partial charge in [-0.3, -0.25) is 9.59 Å². The Morgan fingerprint density at radius 3 is 1.14 bits per heavy atom. The van der Waals surface area contributed by atoms with Gasteiger partial charge in [-0.25, -0.2) is 0 Å². The molecule has 0 fully saturated rings. The van der Waals surface area contributed by atoms with Crippen LogP contribution in [0.25, 0.3) is 0 Å². The van der Waals surface area contributed by atoms with Crippen LogP contribution < -0.4 is 20.1 Å². The van der Waals surface area contributed by atoms with Gasteiger partial charge in [-0.15, -0.1) is 0 Å². The summed E-state index contributed by atoms with van der Waals surface area (Å²) >= 11 is -2.51. The van der Waals surface area contributed by atoms with Crippen molar-refractivity contribution in [3.63, 3.8) is 0 Å². The van der Waals surface area contributed by atoms with Crippen LogP contribution in [0.15, 0.2) is 83.7 Å². The molecule has 0 aromatic heterocycles. The standard InChI is InChI=1S/C46H68N2O6.2O.U/c1-5-7-9-11-13-15-17-19-21-23-29-53-45-33-41(47-35-37-31-39(51-3)25-27-43(37)49)42(48-36-38-32-40(52-4)26-28-44(38)50)34-46(45)54-30-24-22-20-18-16-14-12-10-8-6-2;;;/h25-28,31-36,47-48H,5-24,29-30H2,1-4H3;;;/b37-35-,38-36-;;;. The number of ketones is 2. The van der Waals surface area contributed by atoms with E-state index in [2.05, 4.69) is 24.5 Å². The summed E-state index contributed by atoms with van der Waals surface area (Å²) in [6, 6.07) is 3.82. The molecule has 1 aromatic rings. The topological polar surface area (TPSA) is 129 Å². The number of benzene rings is 1. The Hall–Kier alpha value is -3.55. The molecule has 0 saturated carbocycles. The first-order valence-electron chi connectivity index (χ1n) is 21.2. The Bertz CT molecular complexity index is 1460. The van der Waals surface area contributed by atoms with Crippen molar-refractivity contribution >= 4 is 22.9 Å². The van der Waals surface area contributed by atoms with E-state index < -0.39 is 27.8 Å². The minimum absolute atomic E-state index is 0.134. The Morgan fingerprint density at radius 2 is 0.825 bits per heavy atom. The van der Waals surface area contributed by atoms with Crippen LogP contribution in [-0.4, -0.2) is 39.0 Å². The average Bonchev–Trinajstić information content (AvgIpc) is 3.22. The molecular formula is C46H68N2O8U. The molecule has 0 saturated heterocycles. The number of carbonyl (C=O) groups excluding carboxylic acids is 2. The van der Waals surface area contributed by atoms with Gasteiger partial charge >= 0.3 is 32.3 Å². The second-order valence-corrected chi connectivity index (χ2v) is 15.1. The molecule has 10 nitrogen and oxygen atoms in total. The van der Waals surface area contributed by atoms with Crippen molar-refractivity contribution in [1.29, 1.82) is 0 Å². The summed E-state index contributed by atoms with van der Waals surface area (Å²) in [6.07, 6.45) is 38.1. The summed E-state index contributed by atoms with van der Waals surface area (Å²) in [5.74, 6) is 2.19. The first-order valence-corrected chi connectivity index (χ1v) is 24.6. The average molecular weight is 1020 g/mol. The molecule has 2 aliphatic rings. The number of hydrogen-bond donors (Lipinski definition) is 2. The third-order valence-electron chi connectivity index (χ3n) is 9.80. The second kappa shape index (κ2) is 32.4. The maximum atomic E-state index is 12.7. The zero-order chi connectivity index (χ0) is 41.4. The maximum absolute atomic E-state index is 12.7. The number of rotatable bonds is 30. The molecule has 0 spiro atoms. The normalized spacial score (nSPS) is 14.7. The summed E-state index contributed by atoms with van der Waals surface area (Å²) in [7, 11) is 3.15. The molecule has 2 aliphatic carbocycles. The monoisotopic (exact) mass is 1010 g/mol. The Balaban J connectivity index is 0.00000362. The van der Waals surface area contributed by atoms with Gasteiger partial charge in [-0.2, -0.15) is 0 Å². The van der Waals surface area contributed by atoms with E-state index in [0.29, 0.717) is 58.8 Å². The number of allylic oxidation sites excluding steroid dienone is 8. The summed E-state index contributed by atoms with van der Waals surface area (Å²) in [6.45, 7) is 5.68. The predicted molar refractivity (Wildman–Crippen MR) is 224 cm³/mol. The van der Waals surface area contributed by atoms with Crippen molar-refractivity contribution in [2.24, 2.45) is 0 Å². The fourth-order valence-corrected chi connectivity index (χ4v) is 6.41. The molecule has 1 aromatic carbocycles. The molecule has 0 aliphatic heterocycles. The fourth-order valence-electron chi connectivity index (χ4n) is 6.41. The number of unbranched alkanes of at least 4 members (excludes halogenated alkanes) is 18. The zero-order valence-electron chi connectivity index (χ0n) is 35.1. The summed E-state index contributed by atoms with van der Waals surface area (Å²) in [4.78, 5) is 25.4. The summed E-state index contributed by atoms with van der Waals surface area (Å²) < 4.78 is 40.7. The van der Waals surface area contributed by atoms with Crippen LogP contribution >= 0.6 is 0 Å². The van der Waals surface area contributed by atoms with Crippen molar-refractivity contribution in [3.05, 3.63) is 83.7 Å². The molecular weight excluding hydrogens is 947 g/mol. The van der Waals surface area contributed by atoms with E-state index in [4.69, 9.17) is 23.4 Å². The number of nitrogens with one attached hydrogen (secondary N) is 2. The van der Waals surface area contributed by atoms with Gasteiger partial charge < -0.3 is 29.6 Å². The first-order chi connectivity index (χ1) is 27.9. The molecule has 0 heterocycles. The van der Waals surface area contributed by atoms with Crippen LogP contribution in [-0.2, 0) is 23.5 Å². The molecule has 2 N–H and O–H groups in total. The van der Waals surface area contributed by atoms with E-state index in [0.717, 1.165) is 25.7 Å². The SMILES string of the molecule is CCCCCCCCCCCCOc1cc(N/C=C2/C=C(OC)C=CC2=O)c(N/C=C2/C=C(OC)C=CC2=O)cc1OCCCCCCCCCCCC.[O]=[U]=[O]. The van der Waals surface area contributed by atoms with E-state index in [1.807, 2.05) is 12.1 Å². The van der Waals surface area contributed by atoms with Crippen molar-refractivity contribution in [2.45, 2.75) is 142 Å². The van der Waals surface area contributed by atoms with Crippen LogP contribution in [0.1, 0.15) is 142 Å². The van der Waals surface area contributed by atoms with Crippen LogP contribution in [0.3, 0.4) is 0 Å². The molecule has 0 unspecified atom stereocenters. The predicted octanol–water partition coefficient (Wildman–Crippen LogP) is 12.0. The number of ether oxygens (including phenoxy) is 4. The molecule has 11 heteroatoms. The molecule has 0 atom stereocenters. The van der Waals surface area contributed by atoms with Crippen molar-refractivity contribution in [1.82, 2.24) is 0 Å². The summed E-state index contributed by atoms with van der Waals surface area (Å²) in [5.41, 5.74) is 2.22. The van der Waals surface area contributed by atoms with E-state index in [-0.39, 0.29) is 11.6 Å². The molecule has 57 heavy (non-hydrogen) atoms. The summed E-state index contributed by atoms with van der Waals surface area (Å²) in [5, 5.41) is 6.63. The van der Waals surface area contributed by atoms with Gasteiger partial charge in [0.2, 0.25) is 0 Å². The van der Waals surface area contributed by atoms with Gasteiger partial charge in [0.15, 0.2) is 23.1 Å². The van der Waals surface area contributed by atoms with Crippen LogP contribution in [0, 0.1) is 27.8 Å². The van der Waals surface area contributed by atoms with Crippen molar-refractivity contribution in [2.75, 3.05) is 38.1 Å². The molecule has 0 bridgehead atoms. The first kappa shape index (κ1) is 49.6. The zero-order valence-corrected chi connectivity index (χ0v) is 39.3. The van der Waals surface area contributed by atoms with E-state index in [1.165, 1.54) is 115 Å². The Morgan fingerprint density at radius 1 is 0.509 bits per heavy atom. The van der Waals surface area contributed by atoms with E-state index in [1.54, 1.807) is 50.9 Å². The number of hydrogen-bond acceptors (Lipinski definition) is 10. The van der Waals surface area contributed by atoms with Crippen LogP contribution in [0.5, 0.6) is 11.5 Å². The second-order valence-electron chi connectivity index (χ2n) is 14.4. The van der Waals surface area contributed by atoms with Crippen LogP contribution in [0.4, 0.5) is 11.4 Å². The van der Waals surface area contributed by atoms with E-state index in [9.17, 15) is 9.59 Å². The quantitative estimate of drug-likeness (QED) is 0.0568. The molecule has 0 radical (unpaired) electrons. The van der Waals surface area contributed by atoms with Crippen molar-refractivity contribution in [3.8, 4) is 11.5 Å². The van der Waals surface area contributed by atoms with Gasteiger partial charge in [0, 0.05) is 35.7 Å².